The van der Waals surface area contributed by atoms with E-state index in [0.717, 1.165) is 0 Å². The number of hydrogen-bond acceptors (Lipinski definition) is 2. The number of halogens is 1. The van der Waals surface area contributed by atoms with Crippen LogP contribution in [0.1, 0.15) is 0 Å². The van der Waals surface area contributed by atoms with Gasteiger partial charge in [-0.3, -0.25) is 0 Å². The molecule has 2 heterocycles. The van der Waals surface area contributed by atoms with Gasteiger partial charge in [-0.25, -0.2) is 9.37 Å². The van der Waals surface area contributed by atoms with E-state index in [2.05, 4.69) is 9.97 Å². The Morgan fingerprint density at radius 2 is 2.42 bits per heavy atom. The highest BCUT2D eigenvalue weighted by molar-refractivity contribution is 5.82. The maximum atomic E-state index is 13.0. The first-order chi connectivity index (χ1) is 5.83. The third-order valence-corrected chi connectivity index (χ3v) is 1.71. The van der Waals surface area contributed by atoms with E-state index in [-0.39, 0.29) is 5.82 Å². The Kier molecular flexibility index (Phi) is 1.46. The van der Waals surface area contributed by atoms with Gasteiger partial charge in [-0.1, -0.05) is 0 Å². The van der Waals surface area contributed by atoms with Crippen LogP contribution in [-0.2, 0) is 0 Å². The molecule has 4 heteroatoms. The average Bonchev–Trinajstić information content (AvgIpc) is 2.48. The van der Waals surface area contributed by atoms with E-state index in [1.807, 2.05) is 0 Å². The molecular formula is C8H7FN2O. The zero-order valence-corrected chi connectivity index (χ0v) is 6.47. The van der Waals surface area contributed by atoms with Gasteiger partial charge < -0.3 is 9.72 Å². The Morgan fingerprint density at radius 3 is 3.17 bits per heavy atom. The molecule has 3 nitrogen and oxygen atoms in total. The molecule has 0 saturated heterocycles. The molecule has 0 unspecified atom stereocenters. The van der Waals surface area contributed by atoms with E-state index in [1.165, 1.54) is 13.3 Å². The van der Waals surface area contributed by atoms with Crippen molar-refractivity contribution in [3.63, 3.8) is 0 Å². The number of pyridine rings is 1. The number of aromatic amines is 1. The van der Waals surface area contributed by atoms with Crippen molar-refractivity contribution < 1.29 is 9.13 Å². The summed E-state index contributed by atoms with van der Waals surface area (Å²) in [6, 6.07) is 1.62. The standard InChI is InChI=1S/C8H7FN2O/c1-12-6-2-3-10-8-7(6)5(9)4-11-8/h2-4H,1H3,(H,10,11). The van der Waals surface area contributed by atoms with E-state index in [1.54, 1.807) is 12.3 Å². The van der Waals surface area contributed by atoms with Gasteiger partial charge >= 0.3 is 0 Å². The highest BCUT2D eigenvalue weighted by Gasteiger charge is 2.08. The Bertz CT molecular complexity index is 410. The third kappa shape index (κ3) is 0.845. The minimum atomic E-state index is -0.338. The van der Waals surface area contributed by atoms with Gasteiger partial charge in [0.1, 0.15) is 11.4 Å². The lowest BCUT2D eigenvalue weighted by atomic mass is 10.3. The Hall–Kier alpha value is -1.58. The number of ether oxygens (including phenoxy) is 1. The summed E-state index contributed by atoms with van der Waals surface area (Å²) in [5, 5.41) is 0.403. The summed E-state index contributed by atoms with van der Waals surface area (Å²) in [6.07, 6.45) is 2.83. The van der Waals surface area contributed by atoms with Crippen LogP contribution >= 0.6 is 0 Å². The second-order valence-corrected chi connectivity index (χ2v) is 2.37. The van der Waals surface area contributed by atoms with Gasteiger partial charge in [0.15, 0.2) is 5.82 Å². The molecule has 0 aliphatic carbocycles. The molecule has 0 radical (unpaired) electrons. The largest absolute Gasteiger partial charge is 0.496 e. The number of rotatable bonds is 1. The zero-order valence-electron chi connectivity index (χ0n) is 6.47. The lowest BCUT2D eigenvalue weighted by Crippen LogP contribution is -1.85. The summed E-state index contributed by atoms with van der Waals surface area (Å²) < 4.78 is 18.0. The van der Waals surface area contributed by atoms with Gasteiger partial charge in [-0.15, -0.1) is 0 Å². The molecule has 2 rings (SSSR count). The van der Waals surface area contributed by atoms with E-state index in [0.29, 0.717) is 16.8 Å². The van der Waals surface area contributed by atoms with E-state index in [4.69, 9.17) is 4.74 Å². The van der Waals surface area contributed by atoms with Gasteiger partial charge in [0.2, 0.25) is 0 Å². The van der Waals surface area contributed by atoms with Crippen LogP contribution in [0.15, 0.2) is 18.5 Å². The maximum absolute atomic E-state index is 13.0. The second-order valence-electron chi connectivity index (χ2n) is 2.37. The van der Waals surface area contributed by atoms with Gasteiger partial charge in [0.05, 0.1) is 12.5 Å². The molecule has 0 amide bonds. The number of aromatic nitrogens is 2. The van der Waals surface area contributed by atoms with Crippen LogP contribution in [0.3, 0.4) is 0 Å². The fourth-order valence-corrected chi connectivity index (χ4v) is 1.16. The smallest absolute Gasteiger partial charge is 0.153 e. The van der Waals surface area contributed by atoms with E-state index in [9.17, 15) is 4.39 Å². The van der Waals surface area contributed by atoms with Crippen molar-refractivity contribution >= 4 is 11.0 Å². The number of hydrogen-bond donors (Lipinski definition) is 1. The number of nitrogens with one attached hydrogen (secondary N) is 1. The first-order valence-corrected chi connectivity index (χ1v) is 3.48. The minimum absolute atomic E-state index is 0.338. The summed E-state index contributed by atoms with van der Waals surface area (Å²) in [6.45, 7) is 0. The zero-order chi connectivity index (χ0) is 8.55. The highest BCUT2D eigenvalue weighted by Crippen LogP contribution is 2.25. The third-order valence-electron chi connectivity index (χ3n) is 1.71. The van der Waals surface area contributed by atoms with Crippen LogP contribution in [0, 0.1) is 5.82 Å². The normalized spacial score (nSPS) is 10.5. The van der Waals surface area contributed by atoms with Crippen molar-refractivity contribution in [2.24, 2.45) is 0 Å². The molecule has 0 atom stereocenters. The number of H-pyrrole nitrogens is 1. The molecule has 0 aromatic carbocycles. The first-order valence-electron chi connectivity index (χ1n) is 3.48. The van der Waals surface area contributed by atoms with Gasteiger partial charge in [-0.2, -0.15) is 0 Å². The lowest BCUT2D eigenvalue weighted by Gasteiger charge is -1.99. The second kappa shape index (κ2) is 2.48. The molecule has 62 valence electrons. The number of nitrogens with zero attached hydrogens (tertiary/aromatic N) is 1. The highest BCUT2D eigenvalue weighted by atomic mass is 19.1. The summed E-state index contributed by atoms with van der Waals surface area (Å²) in [4.78, 5) is 6.63. The summed E-state index contributed by atoms with van der Waals surface area (Å²) >= 11 is 0. The Morgan fingerprint density at radius 1 is 1.58 bits per heavy atom. The van der Waals surface area contributed by atoms with Crippen LogP contribution in [0.5, 0.6) is 5.75 Å². The molecule has 2 aromatic rings. The van der Waals surface area contributed by atoms with E-state index >= 15 is 0 Å². The Balaban J connectivity index is 2.84. The molecule has 0 aliphatic heterocycles. The van der Waals surface area contributed by atoms with Gasteiger partial charge in [0.25, 0.3) is 0 Å². The minimum Gasteiger partial charge on any atom is -0.496 e. The molecule has 0 fully saturated rings. The van der Waals surface area contributed by atoms with Crippen LogP contribution in [-0.4, -0.2) is 17.1 Å². The van der Waals surface area contributed by atoms with Crippen LogP contribution in [0.4, 0.5) is 4.39 Å². The van der Waals surface area contributed by atoms with Gasteiger partial charge in [-0.05, 0) is 6.07 Å². The molecule has 0 bridgehead atoms. The van der Waals surface area contributed by atoms with E-state index < -0.39 is 0 Å². The van der Waals surface area contributed by atoms with Crippen LogP contribution in [0.25, 0.3) is 11.0 Å². The molecule has 2 aromatic heterocycles. The molecule has 0 spiro atoms. The molecule has 12 heavy (non-hydrogen) atoms. The van der Waals surface area contributed by atoms with Crippen molar-refractivity contribution in [2.45, 2.75) is 0 Å². The number of fused-ring (bicyclic) bond motifs is 1. The fourth-order valence-electron chi connectivity index (χ4n) is 1.16. The van der Waals surface area contributed by atoms with Crippen molar-refractivity contribution in [1.82, 2.24) is 9.97 Å². The van der Waals surface area contributed by atoms with Crippen molar-refractivity contribution in [3.05, 3.63) is 24.3 Å². The first kappa shape index (κ1) is 7.09. The molecule has 0 aliphatic rings. The Labute approximate surface area is 68.2 Å². The number of methoxy groups -OCH3 is 1. The molecule has 0 saturated carbocycles. The maximum Gasteiger partial charge on any atom is 0.153 e. The van der Waals surface area contributed by atoms with Crippen molar-refractivity contribution in [3.8, 4) is 5.75 Å². The van der Waals surface area contributed by atoms with Crippen molar-refractivity contribution in [2.75, 3.05) is 7.11 Å². The topological polar surface area (TPSA) is 37.9 Å². The van der Waals surface area contributed by atoms with Crippen molar-refractivity contribution in [1.29, 1.82) is 0 Å². The molecule has 1 N–H and O–H groups in total. The summed E-state index contributed by atoms with van der Waals surface area (Å²) in [5.74, 6) is 0.161. The fraction of sp³-hybridized carbons (Fsp3) is 0.125. The predicted octanol–water partition coefficient (Wildman–Crippen LogP) is 1.71. The van der Waals surface area contributed by atoms with Crippen LogP contribution < -0.4 is 4.74 Å². The van der Waals surface area contributed by atoms with Gasteiger partial charge in [0, 0.05) is 12.4 Å². The summed E-state index contributed by atoms with van der Waals surface area (Å²) in [7, 11) is 1.50. The predicted molar refractivity (Wildman–Crippen MR) is 42.6 cm³/mol. The summed E-state index contributed by atoms with van der Waals surface area (Å²) in [5.41, 5.74) is 0.506. The monoisotopic (exact) mass is 166 g/mol. The molecular weight excluding hydrogens is 159 g/mol. The SMILES string of the molecule is COc1ccnc2[nH]cc(F)c12. The lowest BCUT2D eigenvalue weighted by molar-refractivity contribution is 0.418. The average molecular weight is 166 g/mol. The van der Waals surface area contributed by atoms with Crippen LogP contribution in [0.2, 0.25) is 0 Å². The quantitative estimate of drug-likeness (QED) is 0.700.